The van der Waals surface area contributed by atoms with Gasteiger partial charge in [0.1, 0.15) is 28.6 Å². The van der Waals surface area contributed by atoms with Crippen molar-refractivity contribution in [1.29, 1.82) is 0 Å². The van der Waals surface area contributed by atoms with E-state index in [9.17, 15) is 9.59 Å². The van der Waals surface area contributed by atoms with E-state index in [1.165, 1.54) is 5.56 Å². The molecule has 0 saturated heterocycles. The molecule has 0 saturated carbocycles. The van der Waals surface area contributed by atoms with E-state index in [4.69, 9.17) is 14.2 Å². The van der Waals surface area contributed by atoms with Gasteiger partial charge in [-0.2, -0.15) is 0 Å². The summed E-state index contributed by atoms with van der Waals surface area (Å²) in [5, 5.41) is 0. The van der Waals surface area contributed by atoms with E-state index in [0.29, 0.717) is 28.4 Å². The predicted molar refractivity (Wildman–Crippen MR) is 181 cm³/mol. The Kier molecular flexibility index (Phi) is 10.2. The average molecular weight is 607 g/mol. The minimum Gasteiger partial charge on any atom is -0.487 e. The Bertz CT molecular complexity index is 1640. The quantitative estimate of drug-likeness (QED) is 0.0965. The van der Waals surface area contributed by atoms with Crippen molar-refractivity contribution in [3.05, 3.63) is 118 Å². The summed E-state index contributed by atoms with van der Waals surface area (Å²) in [6, 6.07) is 26.3. The van der Waals surface area contributed by atoms with E-state index in [1.807, 2.05) is 39.8 Å². The van der Waals surface area contributed by atoms with Crippen LogP contribution in [0.15, 0.2) is 84.9 Å². The second kappa shape index (κ2) is 13.7. The first kappa shape index (κ1) is 33.5. The van der Waals surface area contributed by atoms with Gasteiger partial charge in [0, 0.05) is 16.9 Å². The van der Waals surface area contributed by atoms with Crippen LogP contribution in [0.4, 0.5) is 0 Å². The topological polar surface area (TPSA) is 61.8 Å². The summed E-state index contributed by atoms with van der Waals surface area (Å²) in [6.45, 7) is 18.4. The molecule has 4 aromatic carbocycles. The molecule has 0 aliphatic heterocycles. The highest BCUT2D eigenvalue weighted by Gasteiger charge is 2.24. The van der Waals surface area contributed by atoms with Gasteiger partial charge in [-0.15, -0.1) is 0 Å². The lowest BCUT2D eigenvalue weighted by molar-refractivity contribution is 0.0732. The smallest absolute Gasteiger partial charge is 0.343 e. The maximum atomic E-state index is 13.0. The number of carbonyl (C=O) groups is 2. The summed E-state index contributed by atoms with van der Waals surface area (Å²) in [6.07, 6.45) is 1.91. The molecule has 45 heavy (non-hydrogen) atoms. The summed E-state index contributed by atoms with van der Waals surface area (Å²) in [5.74, 6) is 2.44. The molecule has 0 bridgehead atoms. The number of rotatable bonds is 11. The molecule has 5 nitrogen and oxygen atoms in total. The third-order valence-corrected chi connectivity index (χ3v) is 8.58. The van der Waals surface area contributed by atoms with Crippen LogP contribution in [-0.2, 0) is 0 Å². The Morgan fingerprint density at radius 2 is 1.13 bits per heavy atom. The Labute approximate surface area is 268 Å². The molecule has 0 fully saturated rings. The number of hydrogen-bond donors (Lipinski definition) is 0. The van der Waals surface area contributed by atoms with Crippen LogP contribution in [0, 0.1) is 19.3 Å². The molecule has 0 aliphatic rings. The van der Waals surface area contributed by atoms with Crippen molar-refractivity contribution >= 4 is 11.8 Å². The Morgan fingerprint density at radius 1 is 0.667 bits per heavy atom. The minimum atomic E-state index is -0.445. The number of esters is 1. The predicted octanol–water partition coefficient (Wildman–Crippen LogP) is 10.7. The number of aryl methyl sites for hydroxylation is 2. The van der Waals surface area contributed by atoms with Gasteiger partial charge in [0.15, 0.2) is 5.78 Å². The van der Waals surface area contributed by atoms with Crippen LogP contribution in [0.3, 0.4) is 0 Å². The second-order valence-electron chi connectivity index (χ2n) is 13.2. The van der Waals surface area contributed by atoms with Crippen molar-refractivity contribution in [3.8, 4) is 23.0 Å². The lowest BCUT2D eigenvalue weighted by atomic mass is 9.86. The van der Waals surface area contributed by atoms with E-state index >= 15 is 0 Å². The number of benzene rings is 4. The van der Waals surface area contributed by atoms with Gasteiger partial charge in [-0.25, -0.2) is 4.79 Å². The first-order valence-electron chi connectivity index (χ1n) is 15.8. The third-order valence-electron chi connectivity index (χ3n) is 8.58. The van der Waals surface area contributed by atoms with E-state index in [0.717, 1.165) is 35.3 Å². The molecular weight excluding hydrogens is 560 g/mol. The lowest BCUT2D eigenvalue weighted by Gasteiger charge is -2.29. The molecule has 0 heterocycles. The lowest BCUT2D eigenvalue weighted by Crippen LogP contribution is -2.30. The zero-order chi connectivity index (χ0) is 32.9. The molecule has 0 spiro atoms. The van der Waals surface area contributed by atoms with Crippen LogP contribution in [0.25, 0.3) is 0 Å². The van der Waals surface area contributed by atoms with Crippen LogP contribution in [0.1, 0.15) is 110 Å². The fourth-order valence-electron chi connectivity index (χ4n) is 5.03. The Hall–Kier alpha value is -4.38. The van der Waals surface area contributed by atoms with Gasteiger partial charge in [-0.1, -0.05) is 65.8 Å². The van der Waals surface area contributed by atoms with Crippen molar-refractivity contribution in [2.45, 2.75) is 86.7 Å². The number of ether oxygens (including phenoxy) is 3. The average Bonchev–Trinajstić information content (AvgIpc) is 3.02. The highest BCUT2D eigenvalue weighted by molar-refractivity contribution is 5.99. The van der Waals surface area contributed by atoms with Gasteiger partial charge in [0.2, 0.25) is 0 Å². The summed E-state index contributed by atoms with van der Waals surface area (Å²) < 4.78 is 18.1. The molecule has 4 rings (SSSR count). The third kappa shape index (κ3) is 8.21. The standard InChI is InChI=1S/C40H46O5/c1-10-40(9,11-2)45-36-23-17-32(25-27(36)4)28(5)31-16-22-35(26(3)24-31)44-38(42)30-14-20-34(21-15-30)43-33-18-12-29(13-19-33)37(41)39(6,7)8/h12-25,28H,10-11H2,1-9H3. The fourth-order valence-corrected chi connectivity index (χ4v) is 5.03. The first-order valence-corrected chi connectivity index (χ1v) is 15.8. The zero-order valence-electron chi connectivity index (χ0n) is 28.1. The first-order chi connectivity index (χ1) is 21.2. The molecule has 236 valence electrons. The van der Waals surface area contributed by atoms with Crippen LogP contribution >= 0.6 is 0 Å². The summed E-state index contributed by atoms with van der Waals surface area (Å²) in [5.41, 5.74) is 4.81. The second-order valence-corrected chi connectivity index (χ2v) is 13.2. The van der Waals surface area contributed by atoms with Gasteiger partial charge < -0.3 is 14.2 Å². The molecule has 0 aromatic heterocycles. The van der Waals surface area contributed by atoms with Crippen molar-refractivity contribution in [2.75, 3.05) is 0 Å². The van der Waals surface area contributed by atoms with Gasteiger partial charge in [-0.3, -0.25) is 4.79 Å². The fraction of sp³-hybridized carbons (Fsp3) is 0.350. The highest BCUT2D eigenvalue weighted by Crippen LogP contribution is 2.33. The molecule has 1 unspecified atom stereocenters. The van der Waals surface area contributed by atoms with E-state index in [1.54, 1.807) is 48.5 Å². The Balaban J connectivity index is 1.39. The van der Waals surface area contributed by atoms with Gasteiger partial charge in [-0.05, 0) is 117 Å². The van der Waals surface area contributed by atoms with E-state index in [-0.39, 0.29) is 17.3 Å². The summed E-state index contributed by atoms with van der Waals surface area (Å²) in [7, 11) is 0. The van der Waals surface area contributed by atoms with E-state index in [2.05, 4.69) is 58.9 Å². The molecule has 5 heteroatoms. The molecule has 0 N–H and O–H groups in total. The van der Waals surface area contributed by atoms with Crippen molar-refractivity contribution in [1.82, 2.24) is 0 Å². The number of Topliss-reactive ketones (excluding diaryl/α,β-unsaturated/α-hetero) is 1. The molecule has 0 amide bonds. The van der Waals surface area contributed by atoms with Crippen molar-refractivity contribution in [2.24, 2.45) is 5.41 Å². The maximum Gasteiger partial charge on any atom is 0.343 e. The summed E-state index contributed by atoms with van der Waals surface area (Å²) in [4.78, 5) is 25.4. The Morgan fingerprint density at radius 3 is 1.58 bits per heavy atom. The number of carbonyl (C=O) groups excluding carboxylic acids is 2. The molecule has 0 aliphatic carbocycles. The summed E-state index contributed by atoms with van der Waals surface area (Å²) >= 11 is 0. The van der Waals surface area contributed by atoms with Gasteiger partial charge in [0.05, 0.1) is 5.56 Å². The number of ketones is 1. The largest absolute Gasteiger partial charge is 0.487 e. The highest BCUT2D eigenvalue weighted by atomic mass is 16.5. The SMILES string of the molecule is CCC(C)(CC)Oc1ccc(C(C)c2ccc(OC(=O)c3ccc(Oc4ccc(C(=O)C(C)(C)C)cc4)cc3)c(C)c2)cc1C. The van der Waals surface area contributed by atoms with Crippen LogP contribution in [0.5, 0.6) is 23.0 Å². The monoisotopic (exact) mass is 606 g/mol. The van der Waals surface area contributed by atoms with E-state index < -0.39 is 11.4 Å². The van der Waals surface area contributed by atoms with Gasteiger partial charge in [0.25, 0.3) is 0 Å². The molecular formula is C40H46O5. The van der Waals surface area contributed by atoms with Crippen LogP contribution < -0.4 is 14.2 Å². The van der Waals surface area contributed by atoms with Crippen molar-refractivity contribution in [3.63, 3.8) is 0 Å². The number of hydrogen-bond acceptors (Lipinski definition) is 5. The van der Waals surface area contributed by atoms with Crippen LogP contribution in [0.2, 0.25) is 0 Å². The molecule has 1 atom stereocenters. The molecule has 4 aromatic rings. The molecule has 0 radical (unpaired) electrons. The minimum absolute atomic E-state index is 0.0778. The zero-order valence-corrected chi connectivity index (χ0v) is 28.1. The normalized spacial score (nSPS) is 12.4. The van der Waals surface area contributed by atoms with Crippen molar-refractivity contribution < 1.29 is 23.8 Å². The van der Waals surface area contributed by atoms with Crippen LogP contribution in [-0.4, -0.2) is 17.4 Å². The maximum absolute atomic E-state index is 13.0. The van der Waals surface area contributed by atoms with Gasteiger partial charge >= 0.3 is 5.97 Å².